The first-order chi connectivity index (χ1) is 17.0. The summed E-state index contributed by atoms with van der Waals surface area (Å²) in [5.41, 5.74) is 2.48. The number of rotatable bonds is 7. The van der Waals surface area contributed by atoms with Crippen LogP contribution in [0.1, 0.15) is 10.4 Å². The van der Waals surface area contributed by atoms with E-state index in [4.69, 9.17) is 0 Å². The number of sulfonamides is 1. The third kappa shape index (κ3) is 5.73. The molecule has 0 atom stereocenters. The number of anilines is 2. The molecule has 0 aliphatic rings. The molecule has 8 nitrogen and oxygen atoms in total. The largest absolute Gasteiger partial charge is 0.506 e. The van der Waals surface area contributed by atoms with Crippen molar-refractivity contribution in [3.05, 3.63) is 103 Å². The standard InChI is InChI=1S/C26H22N2O6S2/c1-35(31,32)22-12-14-23(15-13-22)36(33,34)28-24-17-21(11-16-25(24)29)27-26(30)20-9-7-19(8-10-20)18-5-3-2-4-6-18/h2-17,28-29H,1H3,(H,27,30). The van der Waals surface area contributed by atoms with Gasteiger partial charge in [0.1, 0.15) is 5.75 Å². The molecule has 1 amide bonds. The second kappa shape index (κ2) is 9.84. The molecular weight excluding hydrogens is 500 g/mol. The van der Waals surface area contributed by atoms with Gasteiger partial charge in [-0.05, 0) is 65.7 Å². The lowest BCUT2D eigenvalue weighted by Crippen LogP contribution is -2.15. The second-order valence-electron chi connectivity index (χ2n) is 7.98. The number of phenolic OH excluding ortho intramolecular Hbond substituents is 1. The van der Waals surface area contributed by atoms with Crippen LogP contribution >= 0.6 is 0 Å². The maximum absolute atomic E-state index is 12.8. The van der Waals surface area contributed by atoms with Crippen LogP contribution in [-0.2, 0) is 19.9 Å². The number of aromatic hydroxyl groups is 1. The molecule has 0 bridgehead atoms. The topological polar surface area (TPSA) is 130 Å². The van der Waals surface area contributed by atoms with Crippen LogP contribution in [0.3, 0.4) is 0 Å². The number of nitrogens with one attached hydrogen (secondary N) is 2. The van der Waals surface area contributed by atoms with Gasteiger partial charge in [0.25, 0.3) is 15.9 Å². The number of hydrogen-bond donors (Lipinski definition) is 3. The Morgan fingerprint density at radius 1 is 0.722 bits per heavy atom. The number of carbonyl (C=O) groups excluding carboxylic acids is 1. The van der Waals surface area contributed by atoms with Crippen LogP contribution in [0.25, 0.3) is 11.1 Å². The minimum absolute atomic E-state index is 0.0224. The lowest BCUT2D eigenvalue weighted by atomic mass is 10.0. The fourth-order valence-electron chi connectivity index (χ4n) is 3.41. The van der Waals surface area contributed by atoms with Crippen LogP contribution in [0.2, 0.25) is 0 Å². The van der Waals surface area contributed by atoms with Crippen molar-refractivity contribution in [1.82, 2.24) is 0 Å². The molecule has 4 aromatic carbocycles. The Bertz CT molecular complexity index is 1620. The highest BCUT2D eigenvalue weighted by atomic mass is 32.2. The zero-order chi connectivity index (χ0) is 25.9. The molecule has 0 saturated carbocycles. The number of phenols is 1. The van der Waals surface area contributed by atoms with Gasteiger partial charge < -0.3 is 10.4 Å². The molecule has 0 aliphatic heterocycles. The van der Waals surface area contributed by atoms with Gasteiger partial charge in [-0.25, -0.2) is 16.8 Å². The molecule has 0 aromatic heterocycles. The fourth-order valence-corrected chi connectivity index (χ4v) is 5.11. The first kappa shape index (κ1) is 25.0. The summed E-state index contributed by atoms with van der Waals surface area (Å²) in [6, 6.07) is 25.4. The number of carbonyl (C=O) groups is 1. The Balaban J connectivity index is 1.50. The normalized spacial score (nSPS) is 11.6. The maximum atomic E-state index is 12.8. The Labute approximate surface area is 209 Å². The molecular formula is C26H22N2O6S2. The van der Waals surface area contributed by atoms with Gasteiger partial charge in [-0.1, -0.05) is 42.5 Å². The van der Waals surface area contributed by atoms with E-state index in [1.807, 2.05) is 42.5 Å². The molecule has 0 unspecified atom stereocenters. The van der Waals surface area contributed by atoms with Gasteiger partial charge in [0.05, 0.1) is 15.5 Å². The highest BCUT2D eigenvalue weighted by Gasteiger charge is 2.18. The van der Waals surface area contributed by atoms with Crippen molar-refractivity contribution in [3.63, 3.8) is 0 Å². The summed E-state index contributed by atoms with van der Waals surface area (Å²) in [7, 11) is -7.63. The Kier molecular flexibility index (Phi) is 6.82. The van der Waals surface area contributed by atoms with Crippen molar-refractivity contribution < 1.29 is 26.7 Å². The highest BCUT2D eigenvalue weighted by molar-refractivity contribution is 7.92. The molecule has 0 spiro atoms. The van der Waals surface area contributed by atoms with E-state index in [-0.39, 0.29) is 26.9 Å². The monoisotopic (exact) mass is 522 g/mol. The Hall–Kier alpha value is -4.15. The van der Waals surface area contributed by atoms with Crippen molar-refractivity contribution in [2.24, 2.45) is 0 Å². The smallest absolute Gasteiger partial charge is 0.262 e. The summed E-state index contributed by atoms with van der Waals surface area (Å²) in [6.07, 6.45) is 1.02. The molecule has 184 valence electrons. The third-order valence-corrected chi connectivity index (χ3v) is 7.83. The first-order valence-corrected chi connectivity index (χ1v) is 14.0. The van der Waals surface area contributed by atoms with E-state index >= 15 is 0 Å². The SMILES string of the molecule is CS(=O)(=O)c1ccc(S(=O)(=O)Nc2cc(NC(=O)c3ccc(-c4ccccc4)cc3)ccc2O)cc1. The molecule has 3 N–H and O–H groups in total. The number of benzene rings is 4. The molecule has 0 radical (unpaired) electrons. The van der Waals surface area contributed by atoms with Gasteiger partial charge in [-0.15, -0.1) is 0 Å². The minimum atomic E-state index is -4.14. The summed E-state index contributed by atoms with van der Waals surface area (Å²) >= 11 is 0. The van der Waals surface area contributed by atoms with Gasteiger partial charge in [-0.2, -0.15) is 0 Å². The van der Waals surface area contributed by atoms with E-state index in [1.54, 1.807) is 12.1 Å². The van der Waals surface area contributed by atoms with E-state index in [0.717, 1.165) is 29.5 Å². The van der Waals surface area contributed by atoms with Gasteiger partial charge in [0, 0.05) is 17.5 Å². The van der Waals surface area contributed by atoms with Crippen molar-refractivity contribution in [2.75, 3.05) is 16.3 Å². The van der Waals surface area contributed by atoms with Gasteiger partial charge >= 0.3 is 0 Å². The number of hydrogen-bond acceptors (Lipinski definition) is 6. The van der Waals surface area contributed by atoms with Gasteiger partial charge in [0.15, 0.2) is 9.84 Å². The van der Waals surface area contributed by atoms with E-state index in [9.17, 15) is 26.7 Å². The average molecular weight is 523 g/mol. The summed E-state index contributed by atoms with van der Waals surface area (Å²) in [4.78, 5) is 12.5. The average Bonchev–Trinajstić information content (AvgIpc) is 2.86. The fraction of sp³-hybridized carbons (Fsp3) is 0.0385. The molecule has 0 saturated heterocycles. The first-order valence-electron chi connectivity index (χ1n) is 10.7. The van der Waals surface area contributed by atoms with Crippen molar-refractivity contribution in [1.29, 1.82) is 0 Å². The highest BCUT2D eigenvalue weighted by Crippen LogP contribution is 2.30. The molecule has 4 rings (SSSR count). The molecule has 0 aliphatic carbocycles. The van der Waals surface area contributed by atoms with Gasteiger partial charge in [0.2, 0.25) is 0 Å². The zero-order valence-corrected chi connectivity index (χ0v) is 20.7. The van der Waals surface area contributed by atoms with E-state index in [2.05, 4.69) is 10.0 Å². The van der Waals surface area contributed by atoms with Crippen molar-refractivity contribution >= 4 is 37.1 Å². The van der Waals surface area contributed by atoms with E-state index in [1.165, 1.54) is 30.3 Å². The summed E-state index contributed by atoms with van der Waals surface area (Å²) in [5, 5.41) is 12.9. The molecule has 36 heavy (non-hydrogen) atoms. The maximum Gasteiger partial charge on any atom is 0.262 e. The molecule has 0 heterocycles. The Morgan fingerprint density at radius 2 is 1.31 bits per heavy atom. The zero-order valence-electron chi connectivity index (χ0n) is 19.0. The Morgan fingerprint density at radius 3 is 1.92 bits per heavy atom. The van der Waals surface area contributed by atoms with E-state index in [0.29, 0.717) is 5.56 Å². The number of sulfone groups is 1. The quantitative estimate of drug-likeness (QED) is 0.242. The second-order valence-corrected chi connectivity index (χ2v) is 11.7. The molecule has 10 heteroatoms. The molecule has 0 fully saturated rings. The van der Waals surface area contributed by atoms with Crippen LogP contribution in [0.4, 0.5) is 11.4 Å². The van der Waals surface area contributed by atoms with Crippen LogP contribution in [0.5, 0.6) is 5.75 Å². The third-order valence-electron chi connectivity index (χ3n) is 5.32. The van der Waals surface area contributed by atoms with Gasteiger partial charge in [-0.3, -0.25) is 9.52 Å². The summed E-state index contributed by atoms with van der Waals surface area (Å²) in [5.74, 6) is -0.762. The molecule has 4 aromatic rings. The predicted molar refractivity (Wildman–Crippen MR) is 138 cm³/mol. The lowest BCUT2D eigenvalue weighted by Gasteiger charge is -2.12. The van der Waals surface area contributed by atoms with Crippen LogP contribution in [0, 0.1) is 0 Å². The van der Waals surface area contributed by atoms with E-state index < -0.39 is 25.8 Å². The summed E-state index contributed by atoms with van der Waals surface area (Å²) in [6.45, 7) is 0. The van der Waals surface area contributed by atoms with Crippen molar-refractivity contribution in [2.45, 2.75) is 9.79 Å². The van der Waals surface area contributed by atoms with Crippen molar-refractivity contribution in [3.8, 4) is 16.9 Å². The lowest BCUT2D eigenvalue weighted by molar-refractivity contribution is 0.102. The minimum Gasteiger partial charge on any atom is -0.506 e. The predicted octanol–water partition coefficient (Wildman–Crippen LogP) is 4.52. The number of amides is 1. The van der Waals surface area contributed by atoms with Crippen LogP contribution < -0.4 is 10.0 Å². The summed E-state index contributed by atoms with van der Waals surface area (Å²) < 4.78 is 51.0. The van der Waals surface area contributed by atoms with Crippen LogP contribution in [-0.4, -0.2) is 34.1 Å². The van der Waals surface area contributed by atoms with Crippen LogP contribution in [0.15, 0.2) is 107 Å².